The van der Waals surface area contributed by atoms with Crippen LogP contribution in [0.4, 0.5) is 10.1 Å². The first-order valence-electron chi connectivity index (χ1n) is 5.95. The minimum atomic E-state index is -0.548. The van der Waals surface area contributed by atoms with Crippen LogP contribution in [0.3, 0.4) is 0 Å². The van der Waals surface area contributed by atoms with Gasteiger partial charge in [0.1, 0.15) is 10.8 Å². The molecule has 0 atom stereocenters. The van der Waals surface area contributed by atoms with Crippen LogP contribution in [0.5, 0.6) is 0 Å². The number of carbonyl (C=O) groups is 1. The highest BCUT2D eigenvalue weighted by molar-refractivity contribution is 7.80. The number of aryl methyl sites for hydroxylation is 1. The summed E-state index contributed by atoms with van der Waals surface area (Å²) in [6.45, 7) is 1.80. The highest BCUT2D eigenvalue weighted by Gasteiger charge is 2.12. The fourth-order valence-corrected chi connectivity index (χ4v) is 1.87. The molecule has 2 aromatic rings. The second-order valence-electron chi connectivity index (χ2n) is 4.38. The van der Waals surface area contributed by atoms with Gasteiger partial charge in [-0.15, -0.1) is 0 Å². The van der Waals surface area contributed by atoms with Crippen LogP contribution >= 0.6 is 12.2 Å². The highest BCUT2D eigenvalue weighted by atomic mass is 32.1. The van der Waals surface area contributed by atoms with E-state index in [-0.39, 0.29) is 10.6 Å². The molecular formula is C15H13FN2OS. The van der Waals surface area contributed by atoms with Gasteiger partial charge in [0.05, 0.1) is 5.56 Å². The Labute approximate surface area is 121 Å². The van der Waals surface area contributed by atoms with Crippen molar-refractivity contribution in [2.24, 2.45) is 5.73 Å². The fraction of sp³-hybridized carbons (Fsp3) is 0.0667. The molecule has 2 rings (SSSR count). The van der Waals surface area contributed by atoms with Gasteiger partial charge in [0.15, 0.2) is 0 Å². The maximum absolute atomic E-state index is 13.6. The molecule has 102 valence electrons. The number of hydrogen-bond acceptors (Lipinski definition) is 2. The third-order valence-corrected chi connectivity index (χ3v) is 3.03. The van der Waals surface area contributed by atoms with Crippen LogP contribution in [0, 0.1) is 12.7 Å². The summed E-state index contributed by atoms with van der Waals surface area (Å²) in [7, 11) is 0. The predicted octanol–water partition coefficient (Wildman–Crippen LogP) is 3.02. The number of nitrogens with two attached hydrogens (primary N) is 1. The van der Waals surface area contributed by atoms with E-state index < -0.39 is 11.7 Å². The number of halogens is 1. The van der Waals surface area contributed by atoms with E-state index in [0.29, 0.717) is 11.3 Å². The molecule has 0 heterocycles. The summed E-state index contributed by atoms with van der Waals surface area (Å²) in [5.74, 6) is -1.04. The molecule has 3 nitrogen and oxygen atoms in total. The Morgan fingerprint density at radius 1 is 1.20 bits per heavy atom. The number of benzene rings is 2. The first-order chi connectivity index (χ1) is 9.47. The zero-order valence-corrected chi connectivity index (χ0v) is 11.6. The van der Waals surface area contributed by atoms with Crippen molar-refractivity contribution in [3.8, 4) is 0 Å². The summed E-state index contributed by atoms with van der Waals surface area (Å²) < 4.78 is 13.6. The molecule has 0 saturated carbocycles. The molecular weight excluding hydrogens is 275 g/mol. The van der Waals surface area contributed by atoms with Crippen LogP contribution in [-0.4, -0.2) is 10.9 Å². The van der Waals surface area contributed by atoms with Crippen LogP contribution < -0.4 is 11.1 Å². The molecule has 3 N–H and O–H groups in total. The van der Waals surface area contributed by atoms with Crippen molar-refractivity contribution < 1.29 is 9.18 Å². The molecule has 0 spiro atoms. The Kier molecular flexibility index (Phi) is 4.10. The van der Waals surface area contributed by atoms with E-state index in [1.807, 2.05) is 0 Å². The van der Waals surface area contributed by atoms with E-state index in [9.17, 15) is 9.18 Å². The average Bonchev–Trinajstić information content (AvgIpc) is 2.42. The van der Waals surface area contributed by atoms with Crippen molar-refractivity contribution >= 4 is 28.8 Å². The van der Waals surface area contributed by atoms with Crippen LogP contribution in [-0.2, 0) is 0 Å². The van der Waals surface area contributed by atoms with E-state index in [0.717, 1.165) is 5.56 Å². The van der Waals surface area contributed by atoms with Gasteiger partial charge >= 0.3 is 0 Å². The lowest BCUT2D eigenvalue weighted by atomic mass is 10.1. The Bertz CT molecular complexity index is 668. The van der Waals surface area contributed by atoms with Crippen molar-refractivity contribution in [3.05, 3.63) is 65.0 Å². The van der Waals surface area contributed by atoms with E-state index in [1.54, 1.807) is 37.3 Å². The zero-order valence-electron chi connectivity index (χ0n) is 10.8. The Balaban J connectivity index is 2.19. The minimum absolute atomic E-state index is 0.0171. The van der Waals surface area contributed by atoms with Crippen LogP contribution in [0.25, 0.3) is 0 Å². The second kappa shape index (κ2) is 5.79. The van der Waals surface area contributed by atoms with Gasteiger partial charge in [-0.2, -0.15) is 0 Å². The lowest BCUT2D eigenvalue weighted by molar-refractivity contribution is 0.102. The SMILES string of the molecule is Cc1ccc(F)c(C(=O)Nc2ccc(C(N)=S)cc2)c1. The minimum Gasteiger partial charge on any atom is -0.389 e. The van der Waals surface area contributed by atoms with Gasteiger partial charge in [0, 0.05) is 11.3 Å². The maximum Gasteiger partial charge on any atom is 0.258 e. The van der Waals surface area contributed by atoms with E-state index >= 15 is 0 Å². The number of rotatable bonds is 3. The van der Waals surface area contributed by atoms with Gasteiger partial charge in [-0.1, -0.05) is 23.8 Å². The summed E-state index contributed by atoms with van der Waals surface area (Å²) in [4.78, 5) is 12.3. The number of carbonyl (C=O) groups excluding carboxylic acids is 1. The smallest absolute Gasteiger partial charge is 0.258 e. The van der Waals surface area contributed by atoms with Crippen molar-refractivity contribution in [1.82, 2.24) is 0 Å². The van der Waals surface area contributed by atoms with Crippen LogP contribution in [0.15, 0.2) is 42.5 Å². The third-order valence-electron chi connectivity index (χ3n) is 2.79. The Morgan fingerprint density at radius 2 is 1.85 bits per heavy atom. The molecule has 0 bridgehead atoms. The van der Waals surface area contributed by atoms with Crippen molar-refractivity contribution in [2.45, 2.75) is 6.92 Å². The lowest BCUT2D eigenvalue weighted by Crippen LogP contribution is -2.14. The summed E-state index contributed by atoms with van der Waals surface area (Å²) in [5.41, 5.74) is 7.58. The first kappa shape index (κ1) is 14.1. The molecule has 1 amide bonds. The van der Waals surface area contributed by atoms with Gasteiger partial charge in [-0.3, -0.25) is 4.79 Å². The second-order valence-corrected chi connectivity index (χ2v) is 4.82. The summed E-state index contributed by atoms with van der Waals surface area (Å²) in [6.07, 6.45) is 0. The number of anilines is 1. The van der Waals surface area contributed by atoms with Gasteiger partial charge in [0.2, 0.25) is 0 Å². The molecule has 0 aliphatic heterocycles. The van der Waals surface area contributed by atoms with Gasteiger partial charge in [0.25, 0.3) is 5.91 Å². The maximum atomic E-state index is 13.6. The lowest BCUT2D eigenvalue weighted by Gasteiger charge is -2.07. The summed E-state index contributed by atoms with van der Waals surface area (Å²) in [5, 5.41) is 2.63. The summed E-state index contributed by atoms with van der Waals surface area (Å²) >= 11 is 4.84. The molecule has 5 heteroatoms. The number of amides is 1. The normalized spacial score (nSPS) is 10.1. The van der Waals surface area contributed by atoms with Gasteiger partial charge in [-0.05, 0) is 43.3 Å². The molecule has 0 fully saturated rings. The average molecular weight is 288 g/mol. The molecule has 20 heavy (non-hydrogen) atoms. The number of thiocarbonyl (C=S) groups is 1. The largest absolute Gasteiger partial charge is 0.389 e. The fourth-order valence-electron chi connectivity index (χ4n) is 1.73. The van der Waals surface area contributed by atoms with E-state index in [2.05, 4.69) is 5.32 Å². The number of nitrogens with one attached hydrogen (secondary N) is 1. The van der Waals surface area contributed by atoms with Crippen LogP contribution in [0.1, 0.15) is 21.5 Å². The standard InChI is InChI=1S/C15H13FN2OS/c1-9-2-7-13(16)12(8-9)15(19)18-11-5-3-10(4-6-11)14(17)20/h2-8H,1H3,(H2,17,20)(H,18,19). The summed E-state index contributed by atoms with van der Waals surface area (Å²) in [6, 6.07) is 11.1. The molecule has 0 aromatic heterocycles. The third kappa shape index (κ3) is 3.19. The zero-order chi connectivity index (χ0) is 14.7. The van der Waals surface area contributed by atoms with Crippen molar-refractivity contribution in [3.63, 3.8) is 0 Å². The van der Waals surface area contributed by atoms with E-state index in [1.165, 1.54) is 12.1 Å². The Morgan fingerprint density at radius 3 is 2.45 bits per heavy atom. The topological polar surface area (TPSA) is 55.1 Å². The molecule has 0 unspecified atom stereocenters. The molecule has 0 aliphatic rings. The van der Waals surface area contributed by atoms with Crippen LogP contribution in [0.2, 0.25) is 0 Å². The molecule has 0 aliphatic carbocycles. The molecule has 0 saturated heterocycles. The molecule has 2 aromatic carbocycles. The van der Waals surface area contributed by atoms with Crippen molar-refractivity contribution in [1.29, 1.82) is 0 Å². The first-order valence-corrected chi connectivity index (χ1v) is 6.35. The Hall–Kier alpha value is -2.27. The van der Waals surface area contributed by atoms with E-state index in [4.69, 9.17) is 18.0 Å². The monoisotopic (exact) mass is 288 g/mol. The quantitative estimate of drug-likeness (QED) is 0.854. The predicted molar refractivity (Wildman–Crippen MR) is 81.4 cm³/mol. The van der Waals surface area contributed by atoms with Crippen molar-refractivity contribution in [2.75, 3.05) is 5.32 Å². The molecule has 0 radical (unpaired) electrons. The van der Waals surface area contributed by atoms with Gasteiger partial charge < -0.3 is 11.1 Å². The van der Waals surface area contributed by atoms with Gasteiger partial charge in [-0.25, -0.2) is 4.39 Å². The highest BCUT2D eigenvalue weighted by Crippen LogP contribution is 2.14. The number of hydrogen-bond donors (Lipinski definition) is 2.